The van der Waals surface area contributed by atoms with Gasteiger partial charge in [-0.1, -0.05) is 17.4 Å². The fourth-order valence-electron chi connectivity index (χ4n) is 3.02. The molecule has 0 spiro atoms. The maximum Gasteiger partial charge on any atom is 0.260 e. The van der Waals surface area contributed by atoms with Crippen molar-refractivity contribution in [2.75, 3.05) is 39.2 Å². The Labute approximate surface area is 170 Å². The fourth-order valence-corrected chi connectivity index (χ4v) is 4.09. The second kappa shape index (κ2) is 8.71. The Morgan fingerprint density at radius 1 is 1.11 bits per heavy atom. The third kappa shape index (κ3) is 4.51. The van der Waals surface area contributed by atoms with E-state index in [4.69, 9.17) is 9.72 Å². The second-order valence-corrected chi connectivity index (χ2v) is 8.26. The Balaban J connectivity index is 1.97. The number of hydrogen-bond donors (Lipinski definition) is 0. The van der Waals surface area contributed by atoms with Crippen LogP contribution in [0.25, 0.3) is 10.2 Å². The van der Waals surface area contributed by atoms with Gasteiger partial charge in [0.2, 0.25) is 0 Å². The van der Waals surface area contributed by atoms with E-state index in [2.05, 4.69) is 30.9 Å². The van der Waals surface area contributed by atoms with Gasteiger partial charge in [-0.3, -0.25) is 9.69 Å². The summed E-state index contributed by atoms with van der Waals surface area (Å²) < 4.78 is 6.39. The van der Waals surface area contributed by atoms with Crippen LogP contribution in [0.4, 0.5) is 5.13 Å². The van der Waals surface area contributed by atoms with Gasteiger partial charge < -0.3 is 9.64 Å². The number of thiazole rings is 1. The molecule has 0 aliphatic heterocycles. The van der Waals surface area contributed by atoms with Crippen molar-refractivity contribution in [3.63, 3.8) is 0 Å². The lowest BCUT2D eigenvalue weighted by Gasteiger charge is -2.21. The van der Waals surface area contributed by atoms with Crippen LogP contribution >= 0.6 is 11.3 Å². The smallest absolute Gasteiger partial charge is 0.260 e. The minimum atomic E-state index is -0.0508. The van der Waals surface area contributed by atoms with Crippen molar-refractivity contribution in [1.82, 2.24) is 9.88 Å². The molecule has 3 rings (SSSR count). The average molecular weight is 398 g/mol. The Kier molecular flexibility index (Phi) is 6.31. The highest BCUT2D eigenvalue weighted by molar-refractivity contribution is 7.22. The van der Waals surface area contributed by atoms with Crippen LogP contribution in [-0.2, 0) is 0 Å². The van der Waals surface area contributed by atoms with Crippen molar-refractivity contribution in [2.24, 2.45) is 0 Å². The lowest BCUT2D eigenvalue weighted by Crippen LogP contribution is -2.33. The monoisotopic (exact) mass is 397 g/mol. The maximum absolute atomic E-state index is 13.3. The number of hydrogen-bond acceptors (Lipinski definition) is 5. The molecule has 1 amide bonds. The largest absolute Gasteiger partial charge is 0.497 e. The highest BCUT2D eigenvalue weighted by Gasteiger charge is 2.22. The molecule has 5 nitrogen and oxygen atoms in total. The van der Waals surface area contributed by atoms with E-state index in [-0.39, 0.29) is 5.91 Å². The number of carbonyl (C=O) groups is 1. The number of fused-ring (bicyclic) bond motifs is 1. The first-order valence-electron chi connectivity index (χ1n) is 9.37. The number of aromatic nitrogens is 1. The first kappa shape index (κ1) is 20.3. The van der Waals surface area contributed by atoms with Gasteiger partial charge in [-0.05, 0) is 82.4 Å². The van der Waals surface area contributed by atoms with E-state index in [9.17, 15) is 4.79 Å². The topological polar surface area (TPSA) is 45.7 Å². The number of anilines is 1. The molecule has 1 aromatic heterocycles. The standard InChI is InChI=1S/C22H27N3O2S/c1-15-12-19-20(13-16(15)2)28-22(23-19)25(11-7-10-24(3)4)21(26)17-8-6-9-18(14-17)27-5/h6,8-9,12-14H,7,10-11H2,1-5H3. The zero-order valence-corrected chi connectivity index (χ0v) is 18.0. The summed E-state index contributed by atoms with van der Waals surface area (Å²) in [5, 5.41) is 0.742. The number of rotatable bonds is 7. The molecule has 0 N–H and O–H groups in total. The summed E-state index contributed by atoms with van der Waals surface area (Å²) >= 11 is 1.57. The van der Waals surface area contributed by atoms with E-state index in [1.807, 2.05) is 32.3 Å². The number of methoxy groups -OCH3 is 1. The van der Waals surface area contributed by atoms with Crippen LogP contribution in [0.1, 0.15) is 27.9 Å². The van der Waals surface area contributed by atoms with Gasteiger partial charge in [0.15, 0.2) is 5.13 Å². The van der Waals surface area contributed by atoms with Crippen molar-refractivity contribution in [3.05, 3.63) is 53.1 Å². The molecule has 0 radical (unpaired) electrons. The van der Waals surface area contributed by atoms with Crippen LogP contribution in [0.3, 0.4) is 0 Å². The van der Waals surface area contributed by atoms with Crippen molar-refractivity contribution in [3.8, 4) is 5.75 Å². The van der Waals surface area contributed by atoms with Crippen molar-refractivity contribution in [1.29, 1.82) is 0 Å². The molecule has 0 atom stereocenters. The molecule has 0 bridgehead atoms. The van der Waals surface area contributed by atoms with Crippen LogP contribution in [0.2, 0.25) is 0 Å². The fraction of sp³-hybridized carbons (Fsp3) is 0.364. The summed E-state index contributed by atoms with van der Waals surface area (Å²) in [6, 6.07) is 11.5. The number of carbonyl (C=O) groups excluding carboxylic acids is 1. The van der Waals surface area contributed by atoms with Crippen LogP contribution < -0.4 is 9.64 Å². The van der Waals surface area contributed by atoms with Crippen LogP contribution in [0.15, 0.2) is 36.4 Å². The third-order valence-electron chi connectivity index (χ3n) is 4.77. The molecule has 3 aromatic rings. The Bertz CT molecular complexity index is 942. The lowest BCUT2D eigenvalue weighted by molar-refractivity contribution is 0.0985. The molecule has 0 saturated heterocycles. The normalized spacial score (nSPS) is 11.2. The summed E-state index contributed by atoms with van der Waals surface area (Å²) in [5.41, 5.74) is 4.00. The van der Waals surface area contributed by atoms with Gasteiger partial charge >= 0.3 is 0 Å². The van der Waals surface area contributed by atoms with Crippen LogP contribution in [0.5, 0.6) is 5.75 Å². The minimum Gasteiger partial charge on any atom is -0.497 e. The predicted molar refractivity (Wildman–Crippen MR) is 117 cm³/mol. The first-order chi connectivity index (χ1) is 13.4. The summed E-state index contributed by atoms with van der Waals surface area (Å²) in [6.45, 7) is 5.71. The highest BCUT2D eigenvalue weighted by atomic mass is 32.1. The number of nitrogens with zero attached hydrogens (tertiary/aromatic N) is 3. The SMILES string of the molecule is COc1cccc(C(=O)N(CCCN(C)C)c2nc3cc(C)c(C)cc3s2)c1. The average Bonchev–Trinajstić information content (AvgIpc) is 3.07. The molecule has 2 aromatic carbocycles. The molecule has 6 heteroatoms. The van der Waals surface area contributed by atoms with E-state index in [1.54, 1.807) is 29.4 Å². The van der Waals surface area contributed by atoms with Crippen molar-refractivity contribution < 1.29 is 9.53 Å². The molecule has 28 heavy (non-hydrogen) atoms. The first-order valence-corrected chi connectivity index (χ1v) is 10.2. The molecule has 0 saturated carbocycles. The van der Waals surface area contributed by atoms with Crippen LogP contribution in [0, 0.1) is 13.8 Å². The van der Waals surface area contributed by atoms with Crippen molar-refractivity contribution >= 4 is 32.6 Å². The maximum atomic E-state index is 13.3. The van der Waals surface area contributed by atoms with Crippen molar-refractivity contribution in [2.45, 2.75) is 20.3 Å². The molecular weight excluding hydrogens is 370 g/mol. The lowest BCUT2D eigenvalue weighted by atomic mass is 10.1. The van der Waals surface area contributed by atoms with Gasteiger partial charge in [0.1, 0.15) is 5.75 Å². The number of benzene rings is 2. The van der Waals surface area contributed by atoms with E-state index in [0.717, 1.165) is 28.3 Å². The zero-order chi connectivity index (χ0) is 20.3. The van der Waals surface area contributed by atoms with E-state index >= 15 is 0 Å². The summed E-state index contributed by atoms with van der Waals surface area (Å²) in [7, 11) is 5.69. The predicted octanol–water partition coefficient (Wildman–Crippen LogP) is 4.52. The molecule has 1 heterocycles. The molecule has 148 valence electrons. The molecule has 0 aliphatic rings. The quantitative estimate of drug-likeness (QED) is 0.588. The van der Waals surface area contributed by atoms with E-state index < -0.39 is 0 Å². The summed E-state index contributed by atoms with van der Waals surface area (Å²) in [5.74, 6) is 0.625. The third-order valence-corrected chi connectivity index (χ3v) is 5.81. The highest BCUT2D eigenvalue weighted by Crippen LogP contribution is 2.32. The number of amides is 1. The molecule has 0 unspecified atom stereocenters. The van der Waals surface area contributed by atoms with Crippen LogP contribution in [-0.4, -0.2) is 50.1 Å². The molecular formula is C22H27N3O2S. The molecule has 0 aliphatic carbocycles. The minimum absolute atomic E-state index is 0.0508. The van der Waals surface area contributed by atoms with Gasteiger partial charge in [-0.25, -0.2) is 4.98 Å². The van der Waals surface area contributed by atoms with Gasteiger partial charge in [-0.2, -0.15) is 0 Å². The second-order valence-electron chi connectivity index (χ2n) is 7.25. The number of aryl methyl sites for hydroxylation is 2. The Morgan fingerprint density at radius 2 is 1.86 bits per heavy atom. The summed E-state index contributed by atoms with van der Waals surface area (Å²) in [4.78, 5) is 22.0. The molecule has 0 fully saturated rings. The number of ether oxygens (including phenoxy) is 1. The van der Waals surface area contributed by atoms with Gasteiger partial charge in [0.05, 0.1) is 17.3 Å². The Morgan fingerprint density at radius 3 is 2.57 bits per heavy atom. The van der Waals surface area contributed by atoms with Gasteiger partial charge in [0.25, 0.3) is 5.91 Å². The summed E-state index contributed by atoms with van der Waals surface area (Å²) in [6.07, 6.45) is 0.872. The van der Waals surface area contributed by atoms with Gasteiger partial charge in [-0.15, -0.1) is 0 Å². The van der Waals surface area contributed by atoms with E-state index in [0.29, 0.717) is 17.9 Å². The Hall–Kier alpha value is -2.44. The zero-order valence-electron chi connectivity index (χ0n) is 17.2. The van der Waals surface area contributed by atoms with Gasteiger partial charge in [0, 0.05) is 12.1 Å². The van der Waals surface area contributed by atoms with E-state index in [1.165, 1.54) is 11.1 Å².